The molecule has 0 fully saturated rings. The molecule has 0 saturated carbocycles. The summed E-state index contributed by atoms with van der Waals surface area (Å²) in [5, 5.41) is 0.858. The van der Waals surface area contributed by atoms with Crippen molar-refractivity contribution in [2.75, 3.05) is 5.73 Å². The number of anilines is 1. The minimum Gasteiger partial charge on any atom is -0.398 e. The van der Waals surface area contributed by atoms with Crippen molar-refractivity contribution in [3.05, 3.63) is 28.2 Å². The molecule has 2 N–H and O–H groups in total. The molecule has 0 aliphatic heterocycles. The fourth-order valence-electron chi connectivity index (χ4n) is 0.455. The molecular weight excluding hydrogens is 157 g/mol. The van der Waals surface area contributed by atoms with E-state index in [2.05, 4.69) is 6.07 Å². The molecule has 0 aliphatic carbocycles. The van der Waals surface area contributed by atoms with Gasteiger partial charge in [0.15, 0.2) is 0 Å². The van der Waals surface area contributed by atoms with Crippen molar-refractivity contribution < 1.29 is 0 Å². The second kappa shape index (κ2) is 2.46. The molecule has 0 aromatic heterocycles. The van der Waals surface area contributed by atoms with Gasteiger partial charge in [0.05, 0.1) is 15.7 Å². The number of nitrogen functional groups attached to an aromatic ring is 1. The zero-order chi connectivity index (χ0) is 6.85. The molecule has 0 amide bonds. The van der Waals surface area contributed by atoms with Crippen molar-refractivity contribution in [1.29, 1.82) is 0 Å². The predicted octanol–water partition coefficient (Wildman–Crippen LogP) is 2.38. The first-order valence-electron chi connectivity index (χ1n) is 2.33. The number of hydrogen-bond acceptors (Lipinski definition) is 1. The van der Waals surface area contributed by atoms with Gasteiger partial charge < -0.3 is 5.73 Å². The second-order valence-electron chi connectivity index (χ2n) is 1.58. The van der Waals surface area contributed by atoms with Crippen LogP contribution in [0.15, 0.2) is 12.1 Å². The van der Waals surface area contributed by atoms with E-state index in [0.29, 0.717) is 15.7 Å². The Balaban J connectivity index is 3.17. The van der Waals surface area contributed by atoms with Gasteiger partial charge >= 0.3 is 0 Å². The molecule has 0 aliphatic rings. The van der Waals surface area contributed by atoms with Gasteiger partial charge in [0.2, 0.25) is 0 Å². The minimum atomic E-state index is 0.377. The Kier molecular flexibility index (Phi) is 1.84. The lowest BCUT2D eigenvalue weighted by atomic mass is 10.3. The van der Waals surface area contributed by atoms with E-state index in [1.54, 1.807) is 12.1 Å². The third-order valence-electron chi connectivity index (χ3n) is 0.892. The summed E-state index contributed by atoms with van der Waals surface area (Å²) >= 11 is 11.1. The predicted molar refractivity (Wildman–Crippen MR) is 39.7 cm³/mol. The van der Waals surface area contributed by atoms with E-state index in [0.717, 1.165) is 0 Å². The molecular formula is C6H4Cl2N. The maximum Gasteiger partial charge on any atom is 0.0729 e. The van der Waals surface area contributed by atoms with Crippen LogP contribution in [-0.2, 0) is 0 Å². The summed E-state index contributed by atoms with van der Waals surface area (Å²) in [6.45, 7) is 0. The molecule has 1 aromatic carbocycles. The normalized spacial score (nSPS) is 9.56. The fraction of sp³-hybridized carbons (Fsp3) is 0. The van der Waals surface area contributed by atoms with E-state index in [1.807, 2.05) is 0 Å². The highest BCUT2D eigenvalue weighted by atomic mass is 35.5. The smallest absolute Gasteiger partial charge is 0.0729 e. The van der Waals surface area contributed by atoms with Gasteiger partial charge in [-0.1, -0.05) is 23.2 Å². The van der Waals surface area contributed by atoms with Gasteiger partial charge in [-0.2, -0.15) is 0 Å². The van der Waals surface area contributed by atoms with Crippen molar-refractivity contribution in [3.8, 4) is 0 Å². The van der Waals surface area contributed by atoms with E-state index < -0.39 is 0 Å². The largest absolute Gasteiger partial charge is 0.398 e. The fourth-order valence-corrected chi connectivity index (χ4v) is 0.825. The highest BCUT2D eigenvalue weighted by Crippen LogP contribution is 2.20. The van der Waals surface area contributed by atoms with Crippen LogP contribution in [0.1, 0.15) is 0 Å². The third kappa shape index (κ3) is 1.50. The Morgan fingerprint density at radius 2 is 2.00 bits per heavy atom. The molecule has 1 rings (SSSR count). The number of halogens is 2. The van der Waals surface area contributed by atoms with Gasteiger partial charge in [-0.05, 0) is 12.1 Å². The van der Waals surface area contributed by atoms with Crippen molar-refractivity contribution in [3.63, 3.8) is 0 Å². The Bertz CT molecular complexity index is 222. The van der Waals surface area contributed by atoms with Crippen LogP contribution in [0.5, 0.6) is 0 Å². The molecule has 1 radical (unpaired) electrons. The van der Waals surface area contributed by atoms with E-state index in [4.69, 9.17) is 28.9 Å². The summed E-state index contributed by atoms with van der Waals surface area (Å²) < 4.78 is 0. The lowest BCUT2D eigenvalue weighted by Crippen LogP contribution is -1.84. The maximum atomic E-state index is 5.55. The average Bonchev–Trinajstić information content (AvgIpc) is 1.80. The quantitative estimate of drug-likeness (QED) is 0.580. The first-order chi connectivity index (χ1) is 4.20. The van der Waals surface area contributed by atoms with Crippen LogP contribution in [0, 0.1) is 6.07 Å². The van der Waals surface area contributed by atoms with Gasteiger partial charge in [-0.3, -0.25) is 0 Å². The van der Waals surface area contributed by atoms with Gasteiger partial charge in [-0.25, -0.2) is 0 Å². The molecule has 0 unspecified atom stereocenters. The van der Waals surface area contributed by atoms with Crippen LogP contribution < -0.4 is 5.73 Å². The van der Waals surface area contributed by atoms with Crippen molar-refractivity contribution in [2.24, 2.45) is 0 Å². The molecule has 3 heteroatoms. The zero-order valence-electron chi connectivity index (χ0n) is 4.49. The van der Waals surface area contributed by atoms with Gasteiger partial charge in [0.25, 0.3) is 0 Å². The van der Waals surface area contributed by atoms with Gasteiger partial charge in [0.1, 0.15) is 0 Å². The van der Waals surface area contributed by atoms with Crippen LogP contribution >= 0.6 is 23.2 Å². The Morgan fingerprint density at radius 3 is 2.44 bits per heavy atom. The molecule has 0 saturated heterocycles. The molecule has 1 nitrogen and oxygen atoms in total. The van der Waals surface area contributed by atoms with Crippen LogP contribution in [0.3, 0.4) is 0 Å². The summed E-state index contributed by atoms with van der Waals surface area (Å²) in [7, 11) is 0. The molecule has 9 heavy (non-hydrogen) atoms. The number of benzene rings is 1. The average molecular weight is 161 g/mol. The lowest BCUT2D eigenvalue weighted by molar-refractivity contribution is 1.67. The Labute approximate surface area is 63.4 Å². The Morgan fingerprint density at radius 1 is 1.33 bits per heavy atom. The summed E-state index contributed by atoms with van der Waals surface area (Å²) in [4.78, 5) is 0. The summed E-state index contributed by atoms with van der Waals surface area (Å²) in [6, 6.07) is 5.93. The van der Waals surface area contributed by atoms with Crippen LogP contribution in [0.4, 0.5) is 5.69 Å². The number of nitrogens with two attached hydrogens (primary N) is 1. The maximum absolute atomic E-state index is 5.55. The van der Waals surface area contributed by atoms with Crippen LogP contribution in [0.25, 0.3) is 0 Å². The standard InChI is InChI=1S/C6H4Cl2N/c7-4-1-2-6(9)5(8)3-4/h1-2H,9H2. The third-order valence-corrected chi connectivity index (χ3v) is 1.43. The summed E-state index contributed by atoms with van der Waals surface area (Å²) in [6.07, 6.45) is 0. The van der Waals surface area contributed by atoms with E-state index >= 15 is 0 Å². The Hall–Kier alpha value is -0.400. The molecule has 47 valence electrons. The molecule has 0 bridgehead atoms. The monoisotopic (exact) mass is 160 g/mol. The van der Waals surface area contributed by atoms with E-state index in [-0.39, 0.29) is 0 Å². The highest BCUT2D eigenvalue weighted by molar-refractivity contribution is 6.35. The highest BCUT2D eigenvalue weighted by Gasteiger charge is 1.94. The lowest BCUT2D eigenvalue weighted by Gasteiger charge is -1.94. The molecule has 0 heterocycles. The first-order valence-corrected chi connectivity index (χ1v) is 3.08. The zero-order valence-corrected chi connectivity index (χ0v) is 6.00. The number of hydrogen-bond donors (Lipinski definition) is 1. The summed E-state index contributed by atoms with van der Waals surface area (Å²) in [5.41, 5.74) is 5.87. The van der Waals surface area contributed by atoms with Crippen molar-refractivity contribution in [2.45, 2.75) is 0 Å². The van der Waals surface area contributed by atoms with E-state index in [9.17, 15) is 0 Å². The first kappa shape index (κ1) is 6.72. The van der Waals surface area contributed by atoms with Crippen LogP contribution in [0.2, 0.25) is 10.0 Å². The molecule has 1 aromatic rings. The SMILES string of the molecule is Nc1ccc(Cl)[c]c1Cl. The number of rotatable bonds is 0. The van der Waals surface area contributed by atoms with Crippen molar-refractivity contribution >= 4 is 28.9 Å². The van der Waals surface area contributed by atoms with Gasteiger partial charge in [0, 0.05) is 6.07 Å². The molecule has 0 spiro atoms. The molecule has 0 atom stereocenters. The van der Waals surface area contributed by atoms with Crippen LogP contribution in [-0.4, -0.2) is 0 Å². The topological polar surface area (TPSA) is 26.0 Å². The summed E-state index contributed by atoms with van der Waals surface area (Å²) in [5.74, 6) is 0. The minimum absolute atomic E-state index is 0.377. The van der Waals surface area contributed by atoms with Gasteiger partial charge in [-0.15, -0.1) is 0 Å². The van der Waals surface area contributed by atoms with Crippen molar-refractivity contribution in [1.82, 2.24) is 0 Å². The van der Waals surface area contributed by atoms with E-state index in [1.165, 1.54) is 0 Å². The second-order valence-corrected chi connectivity index (χ2v) is 2.36.